The average Bonchev–Trinajstić information content (AvgIpc) is 2.91. The zero-order chi connectivity index (χ0) is 13.1. The van der Waals surface area contributed by atoms with Gasteiger partial charge in [-0.15, -0.1) is 5.10 Å². The van der Waals surface area contributed by atoms with Crippen molar-refractivity contribution in [3.63, 3.8) is 0 Å². The fraction of sp³-hybridized carbons (Fsp3) is 0.917. The molecule has 106 valence electrons. The Morgan fingerprint density at radius 2 is 2.37 bits per heavy atom. The minimum absolute atomic E-state index is 0.411. The molecular weight excluding hydrogens is 262 g/mol. The fourth-order valence-corrected chi connectivity index (χ4v) is 3.22. The number of nitrogens with zero attached hydrogens (tertiary/aromatic N) is 4. The number of tetrazole rings is 1. The van der Waals surface area contributed by atoms with Gasteiger partial charge in [0.15, 0.2) is 0 Å². The predicted octanol–water partition coefficient (Wildman–Crippen LogP) is 1.26. The van der Waals surface area contributed by atoms with E-state index in [1.807, 2.05) is 4.68 Å². The second-order valence-electron chi connectivity index (χ2n) is 5.36. The van der Waals surface area contributed by atoms with E-state index in [4.69, 9.17) is 4.74 Å². The van der Waals surface area contributed by atoms with Crippen LogP contribution >= 0.6 is 11.8 Å². The number of rotatable bonds is 7. The zero-order valence-corrected chi connectivity index (χ0v) is 12.1. The van der Waals surface area contributed by atoms with Crippen molar-refractivity contribution >= 4 is 11.8 Å². The summed E-state index contributed by atoms with van der Waals surface area (Å²) in [5.41, 5.74) is 0. The quantitative estimate of drug-likeness (QED) is 0.760. The molecule has 1 N–H and O–H groups in total. The molecule has 1 aromatic rings. The molecule has 6 nitrogen and oxygen atoms in total. The zero-order valence-electron chi connectivity index (χ0n) is 11.3. The van der Waals surface area contributed by atoms with Gasteiger partial charge in [0.05, 0.1) is 12.1 Å². The number of hydrogen-bond acceptors (Lipinski definition) is 6. The first-order valence-corrected chi connectivity index (χ1v) is 7.97. The van der Waals surface area contributed by atoms with Crippen LogP contribution in [0, 0.1) is 0 Å². The Kier molecular flexibility index (Phi) is 4.35. The summed E-state index contributed by atoms with van der Waals surface area (Å²) in [5, 5.41) is 16.9. The lowest BCUT2D eigenvalue weighted by atomic mass is 10.2. The minimum atomic E-state index is 0.411. The highest BCUT2D eigenvalue weighted by atomic mass is 32.2. The van der Waals surface area contributed by atoms with Crippen LogP contribution in [0.2, 0.25) is 0 Å². The van der Waals surface area contributed by atoms with E-state index in [0.29, 0.717) is 17.4 Å². The summed E-state index contributed by atoms with van der Waals surface area (Å²) in [6, 6.07) is 0.546. The highest BCUT2D eigenvalue weighted by Crippen LogP contribution is 2.36. The lowest BCUT2D eigenvalue weighted by molar-refractivity contribution is 0.110. The largest absolute Gasteiger partial charge is 0.377 e. The Balaban J connectivity index is 1.40. The van der Waals surface area contributed by atoms with Crippen LogP contribution in [0.1, 0.15) is 38.6 Å². The van der Waals surface area contributed by atoms with Gasteiger partial charge in [0.25, 0.3) is 0 Å². The monoisotopic (exact) mass is 283 g/mol. The van der Waals surface area contributed by atoms with Crippen molar-refractivity contribution in [3.8, 4) is 0 Å². The molecule has 0 radical (unpaired) electrons. The van der Waals surface area contributed by atoms with Gasteiger partial charge in [0.2, 0.25) is 5.16 Å². The highest BCUT2D eigenvalue weighted by Gasteiger charge is 2.28. The van der Waals surface area contributed by atoms with E-state index in [2.05, 4.69) is 27.8 Å². The first-order chi connectivity index (χ1) is 9.33. The molecule has 1 aliphatic heterocycles. The maximum Gasteiger partial charge on any atom is 0.209 e. The van der Waals surface area contributed by atoms with Gasteiger partial charge >= 0.3 is 0 Å². The molecule has 2 atom stereocenters. The van der Waals surface area contributed by atoms with Crippen molar-refractivity contribution in [2.45, 2.75) is 55.2 Å². The molecule has 1 saturated carbocycles. The van der Waals surface area contributed by atoms with Gasteiger partial charge in [-0.25, -0.2) is 4.68 Å². The lowest BCUT2D eigenvalue weighted by Crippen LogP contribution is -2.30. The third-order valence-corrected chi connectivity index (χ3v) is 4.54. The van der Waals surface area contributed by atoms with E-state index < -0.39 is 0 Å². The topological polar surface area (TPSA) is 64.9 Å². The molecule has 0 amide bonds. The summed E-state index contributed by atoms with van der Waals surface area (Å²) in [4.78, 5) is 0. The molecule has 0 bridgehead atoms. The van der Waals surface area contributed by atoms with Crippen LogP contribution in [0.4, 0.5) is 0 Å². The van der Waals surface area contributed by atoms with Gasteiger partial charge in [-0.2, -0.15) is 0 Å². The maximum atomic E-state index is 5.59. The molecular formula is C12H21N5OS. The second-order valence-corrected chi connectivity index (χ2v) is 6.76. The first-order valence-electron chi connectivity index (χ1n) is 7.10. The van der Waals surface area contributed by atoms with E-state index in [-0.39, 0.29) is 0 Å². The van der Waals surface area contributed by atoms with E-state index in [1.165, 1.54) is 25.7 Å². The average molecular weight is 283 g/mol. The van der Waals surface area contributed by atoms with Crippen molar-refractivity contribution in [2.75, 3.05) is 19.7 Å². The van der Waals surface area contributed by atoms with E-state index in [9.17, 15) is 0 Å². The van der Waals surface area contributed by atoms with Crippen molar-refractivity contribution in [1.29, 1.82) is 0 Å². The van der Waals surface area contributed by atoms with Crippen LogP contribution in [0.15, 0.2) is 5.16 Å². The summed E-state index contributed by atoms with van der Waals surface area (Å²) in [5.74, 6) is 0. The van der Waals surface area contributed by atoms with Crippen molar-refractivity contribution < 1.29 is 4.74 Å². The van der Waals surface area contributed by atoms with Gasteiger partial charge in [0.1, 0.15) is 0 Å². The van der Waals surface area contributed by atoms with E-state index >= 15 is 0 Å². The van der Waals surface area contributed by atoms with Gasteiger partial charge in [0, 0.05) is 24.9 Å². The summed E-state index contributed by atoms with van der Waals surface area (Å²) >= 11 is 1.75. The van der Waals surface area contributed by atoms with Gasteiger partial charge in [-0.1, -0.05) is 18.7 Å². The molecule has 1 aliphatic carbocycles. The van der Waals surface area contributed by atoms with Gasteiger partial charge < -0.3 is 10.1 Å². The summed E-state index contributed by atoms with van der Waals surface area (Å²) < 4.78 is 7.57. The fourth-order valence-electron chi connectivity index (χ4n) is 2.29. The molecule has 2 aliphatic rings. The third kappa shape index (κ3) is 3.67. The number of nitrogens with one attached hydrogen (secondary N) is 1. The number of thioether (sulfide) groups is 1. The second kappa shape index (κ2) is 6.19. The van der Waals surface area contributed by atoms with Crippen LogP contribution < -0.4 is 5.32 Å². The van der Waals surface area contributed by atoms with Gasteiger partial charge in [-0.3, -0.25) is 0 Å². The standard InChI is InChI=1S/C12H21N5OS/c1-9(7-13-8-11-3-2-6-18-11)19-12-14-15-16-17(12)10-4-5-10/h9-11,13H,2-8H2,1H3. The Bertz CT molecular complexity index is 403. The van der Waals surface area contributed by atoms with Crippen LogP contribution in [0.3, 0.4) is 0 Å². The molecule has 2 unspecified atom stereocenters. The van der Waals surface area contributed by atoms with Crippen LogP contribution in [0.5, 0.6) is 0 Å². The van der Waals surface area contributed by atoms with Crippen LogP contribution in [-0.4, -0.2) is 51.3 Å². The Morgan fingerprint density at radius 1 is 1.47 bits per heavy atom. The number of hydrogen-bond donors (Lipinski definition) is 1. The molecule has 2 heterocycles. The minimum Gasteiger partial charge on any atom is -0.377 e. The van der Waals surface area contributed by atoms with Gasteiger partial charge in [-0.05, 0) is 36.1 Å². The summed E-state index contributed by atoms with van der Waals surface area (Å²) in [6.45, 7) is 5.05. The summed E-state index contributed by atoms with van der Waals surface area (Å²) in [7, 11) is 0. The molecule has 3 rings (SSSR count). The third-order valence-electron chi connectivity index (χ3n) is 3.49. The highest BCUT2D eigenvalue weighted by molar-refractivity contribution is 7.99. The molecule has 1 saturated heterocycles. The molecule has 1 aromatic heterocycles. The van der Waals surface area contributed by atoms with Crippen molar-refractivity contribution in [2.24, 2.45) is 0 Å². The Morgan fingerprint density at radius 3 is 3.11 bits per heavy atom. The smallest absolute Gasteiger partial charge is 0.209 e. The maximum absolute atomic E-state index is 5.59. The number of ether oxygens (including phenoxy) is 1. The predicted molar refractivity (Wildman–Crippen MR) is 73.3 cm³/mol. The number of aromatic nitrogens is 4. The van der Waals surface area contributed by atoms with Crippen LogP contribution in [-0.2, 0) is 4.74 Å². The SMILES string of the molecule is CC(CNCC1CCCO1)Sc1nnnn1C1CC1. The molecule has 2 fully saturated rings. The normalized spacial score (nSPS) is 24.8. The first kappa shape index (κ1) is 13.3. The Labute approximate surface area is 117 Å². The molecule has 7 heteroatoms. The lowest BCUT2D eigenvalue weighted by Gasteiger charge is -2.14. The molecule has 0 aromatic carbocycles. The molecule has 0 spiro atoms. The van der Waals surface area contributed by atoms with Crippen molar-refractivity contribution in [1.82, 2.24) is 25.5 Å². The molecule has 19 heavy (non-hydrogen) atoms. The summed E-state index contributed by atoms with van der Waals surface area (Å²) in [6.07, 6.45) is 5.23. The van der Waals surface area contributed by atoms with E-state index in [1.54, 1.807) is 11.8 Å². The van der Waals surface area contributed by atoms with Crippen LogP contribution in [0.25, 0.3) is 0 Å². The Hall–Kier alpha value is -0.660. The van der Waals surface area contributed by atoms with Crippen molar-refractivity contribution in [3.05, 3.63) is 0 Å². The van der Waals surface area contributed by atoms with E-state index in [0.717, 1.165) is 24.9 Å².